The summed E-state index contributed by atoms with van der Waals surface area (Å²) in [7, 11) is 0. The van der Waals surface area contributed by atoms with Crippen molar-refractivity contribution >= 4 is 12.0 Å². The number of nitrogens with one attached hydrogen (secondary N) is 2. The topological polar surface area (TPSA) is 78.4 Å². The number of amides is 2. The summed E-state index contributed by atoms with van der Waals surface area (Å²) in [5.74, 6) is -0.298. The molecule has 0 spiro atoms. The fourth-order valence-corrected chi connectivity index (χ4v) is 2.05. The molecule has 0 heterocycles. The Bertz CT molecular complexity index is 290. The van der Waals surface area contributed by atoms with E-state index < -0.39 is 12.0 Å². The molecule has 0 saturated heterocycles. The van der Waals surface area contributed by atoms with Crippen molar-refractivity contribution in [2.75, 3.05) is 6.54 Å². The molecular formula is C13H24N2O3. The molecule has 0 bridgehead atoms. The van der Waals surface area contributed by atoms with Gasteiger partial charge in [0, 0.05) is 6.54 Å². The molecule has 0 aromatic carbocycles. The zero-order valence-corrected chi connectivity index (χ0v) is 11.2. The molecule has 0 aliphatic heterocycles. The number of carboxylic acids is 1. The highest BCUT2D eigenvalue weighted by Crippen LogP contribution is 2.28. The molecule has 5 nitrogen and oxygen atoms in total. The second-order valence-electron chi connectivity index (χ2n) is 5.19. The highest BCUT2D eigenvalue weighted by atomic mass is 16.4. The van der Waals surface area contributed by atoms with Crippen LogP contribution in [0.25, 0.3) is 0 Å². The summed E-state index contributed by atoms with van der Waals surface area (Å²) in [6, 6.07) is -1.18. The van der Waals surface area contributed by atoms with Crippen LogP contribution in [-0.4, -0.2) is 29.7 Å². The molecule has 5 heteroatoms. The highest BCUT2D eigenvalue weighted by Gasteiger charge is 2.25. The Morgan fingerprint density at radius 2 is 2.06 bits per heavy atom. The average molecular weight is 256 g/mol. The van der Waals surface area contributed by atoms with Crippen molar-refractivity contribution in [3.63, 3.8) is 0 Å². The molecule has 104 valence electrons. The summed E-state index contributed by atoms with van der Waals surface area (Å²) < 4.78 is 0. The molecule has 0 radical (unpaired) electrons. The van der Waals surface area contributed by atoms with Crippen molar-refractivity contribution in [1.29, 1.82) is 0 Å². The van der Waals surface area contributed by atoms with Crippen LogP contribution in [-0.2, 0) is 4.79 Å². The van der Waals surface area contributed by atoms with Gasteiger partial charge in [-0.15, -0.1) is 0 Å². The Kier molecular flexibility index (Phi) is 5.95. The molecule has 1 fully saturated rings. The number of hydrogen-bond acceptors (Lipinski definition) is 2. The molecule has 2 atom stereocenters. The van der Waals surface area contributed by atoms with Crippen molar-refractivity contribution in [2.45, 2.75) is 52.0 Å². The minimum absolute atomic E-state index is 0.0696. The smallest absolute Gasteiger partial charge is 0.326 e. The molecule has 1 rings (SSSR count). The molecule has 2 unspecified atom stereocenters. The van der Waals surface area contributed by atoms with Gasteiger partial charge < -0.3 is 15.7 Å². The number of carbonyl (C=O) groups excluding carboxylic acids is 1. The van der Waals surface area contributed by atoms with Crippen LogP contribution in [0.3, 0.4) is 0 Å². The Morgan fingerprint density at radius 3 is 2.50 bits per heavy atom. The van der Waals surface area contributed by atoms with Gasteiger partial charge >= 0.3 is 12.0 Å². The van der Waals surface area contributed by atoms with Crippen LogP contribution in [0.5, 0.6) is 0 Å². The molecule has 3 N–H and O–H groups in total. The fourth-order valence-electron chi connectivity index (χ4n) is 2.05. The van der Waals surface area contributed by atoms with Gasteiger partial charge in [-0.25, -0.2) is 9.59 Å². The van der Waals surface area contributed by atoms with Crippen LogP contribution in [0.1, 0.15) is 46.0 Å². The van der Waals surface area contributed by atoms with E-state index in [0.717, 1.165) is 18.8 Å². The summed E-state index contributed by atoms with van der Waals surface area (Å²) >= 11 is 0. The molecule has 2 amide bonds. The second-order valence-corrected chi connectivity index (χ2v) is 5.19. The number of carboxylic acid groups (broad SMARTS) is 1. The first-order valence-electron chi connectivity index (χ1n) is 6.81. The summed E-state index contributed by atoms with van der Waals surface area (Å²) in [6.45, 7) is 4.37. The van der Waals surface area contributed by atoms with E-state index in [2.05, 4.69) is 10.6 Å². The molecule has 1 aliphatic carbocycles. The van der Waals surface area contributed by atoms with Gasteiger partial charge in [0.1, 0.15) is 6.04 Å². The maximum atomic E-state index is 11.6. The SMILES string of the molecule is CCC(C)C(NC(=O)NCCC1CCC1)C(=O)O. The number of urea groups is 1. The number of rotatable bonds is 7. The minimum Gasteiger partial charge on any atom is -0.480 e. The monoisotopic (exact) mass is 256 g/mol. The first kappa shape index (κ1) is 14.8. The number of carbonyl (C=O) groups is 2. The van der Waals surface area contributed by atoms with Crippen molar-refractivity contribution in [3.05, 3.63) is 0 Å². The van der Waals surface area contributed by atoms with Gasteiger partial charge in [-0.3, -0.25) is 0 Å². The van der Waals surface area contributed by atoms with E-state index in [9.17, 15) is 9.59 Å². The van der Waals surface area contributed by atoms with E-state index in [1.807, 2.05) is 13.8 Å². The molecule has 0 aromatic rings. The Labute approximate surface area is 108 Å². The van der Waals surface area contributed by atoms with E-state index in [-0.39, 0.29) is 11.9 Å². The van der Waals surface area contributed by atoms with Crippen LogP contribution < -0.4 is 10.6 Å². The van der Waals surface area contributed by atoms with Crippen LogP contribution >= 0.6 is 0 Å². The van der Waals surface area contributed by atoms with Crippen LogP contribution in [0.15, 0.2) is 0 Å². The van der Waals surface area contributed by atoms with E-state index >= 15 is 0 Å². The summed E-state index contributed by atoms with van der Waals surface area (Å²) in [5.41, 5.74) is 0. The molecule has 1 saturated carbocycles. The lowest BCUT2D eigenvalue weighted by Gasteiger charge is -2.25. The lowest BCUT2D eigenvalue weighted by atomic mass is 9.83. The maximum absolute atomic E-state index is 11.6. The Morgan fingerprint density at radius 1 is 1.39 bits per heavy atom. The maximum Gasteiger partial charge on any atom is 0.326 e. The van der Waals surface area contributed by atoms with E-state index in [1.54, 1.807) is 0 Å². The van der Waals surface area contributed by atoms with Crippen LogP contribution in [0, 0.1) is 11.8 Å². The normalized spacial score (nSPS) is 18.6. The standard InChI is InChI=1S/C13H24N2O3/c1-3-9(2)11(12(16)17)15-13(18)14-8-7-10-5-4-6-10/h9-11H,3-8H2,1-2H3,(H,16,17)(H2,14,15,18). The summed E-state index contributed by atoms with van der Waals surface area (Å²) in [4.78, 5) is 22.6. The van der Waals surface area contributed by atoms with Gasteiger partial charge in [0.2, 0.25) is 0 Å². The van der Waals surface area contributed by atoms with Gasteiger partial charge in [-0.1, -0.05) is 39.5 Å². The Hall–Kier alpha value is -1.26. The van der Waals surface area contributed by atoms with Crippen LogP contribution in [0.2, 0.25) is 0 Å². The number of hydrogen-bond donors (Lipinski definition) is 3. The third-order valence-corrected chi connectivity index (χ3v) is 3.83. The quantitative estimate of drug-likeness (QED) is 0.651. The predicted octanol–water partition coefficient (Wildman–Crippen LogP) is 1.98. The predicted molar refractivity (Wildman–Crippen MR) is 69.4 cm³/mol. The van der Waals surface area contributed by atoms with Crippen LogP contribution in [0.4, 0.5) is 4.79 Å². The van der Waals surface area contributed by atoms with E-state index in [0.29, 0.717) is 6.54 Å². The highest BCUT2D eigenvalue weighted by molar-refractivity contribution is 5.82. The fraction of sp³-hybridized carbons (Fsp3) is 0.846. The second kappa shape index (κ2) is 7.24. The number of aliphatic carboxylic acids is 1. The first-order valence-corrected chi connectivity index (χ1v) is 6.81. The van der Waals surface area contributed by atoms with Gasteiger partial charge in [-0.2, -0.15) is 0 Å². The van der Waals surface area contributed by atoms with Gasteiger partial charge in [0.25, 0.3) is 0 Å². The lowest BCUT2D eigenvalue weighted by molar-refractivity contribution is -0.140. The van der Waals surface area contributed by atoms with Crippen molar-refractivity contribution in [3.8, 4) is 0 Å². The zero-order valence-electron chi connectivity index (χ0n) is 11.2. The third-order valence-electron chi connectivity index (χ3n) is 3.83. The average Bonchev–Trinajstić information content (AvgIpc) is 2.27. The van der Waals surface area contributed by atoms with Crippen molar-refractivity contribution in [1.82, 2.24) is 10.6 Å². The molecule has 1 aliphatic rings. The van der Waals surface area contributed by atoms with E-state index in [1.165, 1.54) is 19.3 Å². The lowest BCUT2D eigenvalue weighted by Crippen LogP contribution is -2.49. The first-order chi connectivity index (χ1) is 8.54. The zero-order chi connectivity index (χ0) is 13.5. The largest absolute Gasteiger partial charge is 0.480 e. The van der Waals surface area contributed by atoms with E-state index in [4.69, 9.17) is 5.11 Å². The molecule has 0 aromatic heterocycles. The molecular weight excluding hydrogens is 232 g/mol. The van der Waals surface area contributed by atoms with Crippen molar-refractivity contribution < 1.29 is 14.7 Å². The van der Waals surface area contributed by atoms with Gasteiger partial charge in [0.05, 0.1) is 0 Å². The van der Waals surface area contributed by atoms with Crippen molar-refractivity contribution in [2.24, 2.45) is 11.8 Å². The van der Waals surface area contributed by atoms with Gasteiger partial charge in [-0.05, 0) is 18.3 Å². The minimum atomic E-state index is -0.974. The molecule has 18 heavy (non-hydrogen) atoms. The van der Waals surface area contributed by atoms with Gasteiger partial charge in [0.15, 0.2) is 0 Å². The Balaban J connectivity index is 2.24. The summed E-state index contributed by atoms with van der Waals surface area (Å²) in [6.07, 6.45) is 5.53. The summed E-state index contributed by atoms with van der Waals surface area (Å²) in [5, 5.41) is 14.3. The third kappa shape index (κ3) is 4.55.